The fourth-order valence-corrected chi connectivity index (χ4v) is 3.49. The third-order valence-corrected chi connectivity index (χ3v) is 4.81. The minimum Gasteiger partial charge on any atom is -0.301 e. The largest absolute Gasteiger partial charge is 0.301 e. The standard InChI is InChI=1S/C17H21N3OS/c21-16(19-17-18-8-11-22-17)13-20-9-6-15(7-10-20)12-14-4-2-1-3-5-14/h1-5,8,11,15H,6-7,9-10,12-13H2,(H,18,19,21). The third-order valence-electron chi connectivity index (χ3n) is 4.12. The van der Waals surface area contributed by atoms with Gasteiger partial charge >= 0.3 is 0 Å². The van der Waals surface area contributed by atoms with Crippen molar-refractivity contribution in [2.24, 2.45) is 5.92 Å². The fourth-order valence-electron chi connectivity index (χ4n) is 2.94. The summed E-state index contributed by atoms with van der Waals surface area (Å²) in [6.45, 7) is 2.48. The molecule has 3 rings (SSSR count). The van der Waals surface area contributed by atoms with Crippen LogP contribution in [0.25, 0.3) is 0 Å². The molecule has 1 amide bonds. The highest BCUT2D eigenvalue weighted by molar-refractivity contribution is 7.13. The maximum Gasteiger partial charge on any atom is 0.240 e. The topological polar surface area (TPSA) is 45.2 Å². The van der Waals surface area contributed by atoms with E-state index in [1.807, 2.05) is 5.38 Å². The molecule has 22 heavy (non-hydrogen) atoms. The second-order valence-corrected chi connectivity index (χ2v) is 6.69. The minimum absolute atomic E-state index is 0.0384. The Kier molecular flexibility index (Phi) is 5.19. The Labute approximate surface area is 135 Å². The third kappa shape index (κ3) is 4.39. The lowest BCUT2D eigenvalue weighted by Gasteiger charge is -2.31. The molecule has 116 valence electrons. The van der Waals surface area contributed by atoms with Gasteiger partial charge in [-0.2, -0.15) is 0 Å². The molecule has 0 spiro atoms. The Morgan fingerprint density at radius 1 is 1.27 bits per heavy atom. The van der Waals surface area contributed by atoms with Crippen LogP contribution in [-0.2, 0) is 11.2 Å². The average Bonchev–Trinajstić information content (AvgIpc) is 3.03. The van der Waals surface area contributed by atoms with Gasteiger partial charge in [0.05, 0.1) is 6.54 Å². The molecule has 2 heterocycles. The summed E-state index contributed by atoms with van der Waals surface area (Å²) in [5, 5.41) is 5.40. The summed E-state index contributed by atoms with van der Waals surface area (Å²) in [7, 11) is 0. The number of rotatable bonds is 5. The molecule has 1 saturated heterocycles. The SMILES string of the molecule is O=C(CN1CCC(Cc2ccccc2)CC1)Nc1nccs1. The van der Waals surface area contributed by atoms with Crippen molar-refractivity contribution in [1.29, 1.82) is 0 Å². The Bertz CT molecular complexity index is 577. The molecular formula is C17H21N3OS. The van der Waals surface area contributed by atoms with E-state index in [1.54, 1.807) is 6.20 Å². The van der Waals surface area contributed by atoms with Crippen molar-refractivity contribution >= 4 is 22.4 Å². The normalized spacial score (nSPS) is 16.5. The van der Waals surface area contributed by atoms with Crippen LogP contribution in [0.5, 0.6) is 0 Å². The van der Waals surface area contributed by atoms with Crippen molar-refractivity contribution in [3.8, 4) is 0 Å². The molecule has 1 N–H and O–H groups in total. The van der Waals surface area contributed by atoms with Crippen LogP contribution in [0.15, 0.2) is 41.9 Å². The van der Waals surface area contributed by atoms with Gasteiger partial charge in [-0.05, 0) is 43.8 Å². The highest BCUT2D eigenvalue weighted by atomic mass is 32.1. The van der Waals surface area contributed by atoms with E-state index < -0.39 is 0 Å². The smallest absolute Gasteiger partial charge is 0.240 e. The number of carbonyl (C=O) groups excluding carboxylic acids is 1. The molecule has 0 unspecified atom stereocenters. The molecule has 1 aliphatic rings. The van der Waals surface area contributed by atoms with E-state index in [1.165, 1.54) is 29.7 Å². The van der Waals surface area contributed by atoms with Gasteiger partial charge in [0.25, 0.3) is 0 Å². The summed E-state index contributed by atoms with van der Waals surface area (Å²) in [6, 6.07) is 10.7. The first-order chi connectivity index (χ1) is 10.8. The molecule has 5 heteroatoms. The fraction of sp³-hybridized carbons (Fsp3) is 0.412. The van der Waals surface area contributed by atoms with Crippen LogP contribution >= 0.6 is 11.3 Å². The summed E-state index contributed by atoms with van der Waals surface area (Å²) < 4.78 is 0. The molecule has 1 aliphatic heterocycles. The molecule has 2 aromatic rings. The van der Waals surface area contributed by atoms with Crippen LogP contribution in [0.3, 0.4) is 0 Å². The van der Waals surface area contributed by atoms with E-state index in [9.17, 15) is 4.79 Å². The van der Waals surface area contributed by atoms with Gasteiger partial charge in [-0.1, -0.05) is 30.3 Å². The number of aromatic nitrogens is 1. The van der Waals surface area contributed by atoms with E-state index in [0.29, 0.717) is 11.7 Å². The number of hydrogen-bond donors (Lipinski definition) is 1. The van der Waals surface area contributed by atoms with Crippen molar-refractivity contribution < 1.29 is 4.79 Å². The molecule has 0 aliphatic carbocycles. The van der Waals surface area contributed by atoms with Crippen molar-refractivity contribution in [3.05, 3.63) is 47.5 Å². The van der Waals surface area contributed by atoms with Crippen LogP contribution in [-0.4, -0.2) is 35.4 Å². The zero-order valence-corrected chi connectivity index (χ0v) is 13.4. The second-order valence-electron chi connectivity index (χ2n) is 5.79. The van der Waals surface area contributed by atoms with Crippen LogP contribution in [0.4, 0.5) is 5.13 Å². The molecule has 1 aromatic heterocycles. The number of piperidine rings is 1. The number of carbonyl (C=O) groups is 1. The maximum absolute atomic E-state index is 12.0. The Morgan fingerprint density at radius 2 is 2.05 bits per heavy atom. The number of benzene rings is 1. The van der Waals surface area contributed by atoms with Gasteiger partial charge in [0, 0.05) is 11.6 Å². The first-order valence-corrected chi connectivity index (χ1v) is 8.63. The number of anilines is 1. The van der Waals surface area contributed by atoms with Crippen molar-refractivity contribution in [2.45, 2.75) is 19.3 Å². The quantitative estimate of drug-likeness (QED) is 0.922. The van der Waals surface area contributed by atoms with Gasteiger partial charge in [-0.15, -0.1) is 11.3 Å². The van der Waals surface area contributed by atoms with E-state index in [4.69, 9.17) is 0 Å². The highest BCUT2D eigenvalue weighted by Gasteiger charge is 2.21. The van der Waals surface area contributed by atoms with Crippen LogP contribution < -0.4 is 5.32 Å². The summed E-state index contributed by atoms with van der Waals surface area (Å²) in [5.74, 6) is 0.775. The Morgan fingerprint density at radius 3 is 2.73 bits per heavy atom. The number of nitrogens with zero attached hydrogens (tertiary/aromatic N) is 2. The van der Waals surface area contributed by atoms with Gasteiger partial charge in [0.2, 0.25) is 5.91 Å². The second kappa shape index (κ2) is 7.51. The average molecular weight is 315 g/mol. The number of nitrogens with one attached hydrogen (secondary N) is 1. The van der Waals surface area contributed by atoms with Crippen molar-refractivity contribution in [1.82, 2.24) is 9.88 Å². The van der Waals surface area contributed by atoms with Gasteiger partial charge in [-0.3, -0.25) is 9.69 Å². The number of thiazole rings is 1. The van der Waals surface area contributed by atoms with Crippen LogP contribution in [0, 0.1) is 5.92 Å². The monoisotopic (exact) mass is 315 g/mol. The Hall–Kier alpha value is -1.72. The lowest BCUT2D eigenvalue weighted by Crippen LogP contribution is -2.39. The number of amides is 1. The molecule has 1 fully saturated rings. The van der Waals surface area contributed by atoms with E-state index in [2.05, 4.69) is 45.5 Å². The summed E-state index contributed by atoms with van der Waals surface area (Å²) in [4.78, 5) is 18.3. The molecule has 0 bridgehead atoms. The van der Waals surface area contributed by atoms with Gasteiger partial charge in [0.15, 0.2) is 5.13 Å². The molecule has 1 aromatic carbocycles. The number of likely N-dealkylation sites (tertiary alicyclic amines) is 1. The molecule has 0 saturated carbocycles. The van der Waals surface area contributed by atoms with Crippen molar-refractivity contribution in [3.63, 3.8) is 0 Å². The lowest BCUT2D eigenvalue weighted by atomic mass is 9.90. The predicted molar refractivity (Wildman–Crippen MR) is 90.1 cm³/mol. The van der Waals surface area contributed by atoms with E-state index in [0.717, 1.165) is 25.4 Å². The summed E-state index contributed by atoms with van der Waals surface area (Å²) in [6.07, 6.45) is 5.19. The lowest BCUT2D eigenvalue weighted by molar-refractivity contribution is -0.117. The Balaban J connectivity index is 1.41. The summed E-state index contributed by atoms with van der Waals surface area (Å²) in [5.41, 5.74) is 1.42. The molecular weight excluding hydrogens is 294 g/mol. The highest BCUT2D eigenvalue weighted by Crippen LogP contribution is 2.21. The van der Waals surface area contributed by atoms with E-state index >= 15 is 0 Å². The zero-order valence-electron chi connectivity index (χ0n) is 12.6. The maximum atomic E-state index is 12.0. The van der Waals surface area contributed by atoms with Gasteiger partial charge in [0.1, 0.15) is 0 Å². The number of hydrogen-bond acceptors (Lipinski definition) is 4. The predicted octanol–water partition coefficient (Wildman–Crippen LogP) is 3.04. The summed E-state index contributed by atoms with van der Waals surface area (Å²) >= 11 is 1.45. The van der Waals surface area contributed by atoms with Crippen LogP contribution in [0.2, 0.25) is 0 Å². The van der Waals surface area contributed by atoms with Crippen molar-refractivity contribution in [2.75, 3.05) is 25.0 Å². The van der Waals surface area contributed by atoms with Crippen LogP contribution in [0.1, 0.15) is 18.4 Å². The zero-order chi connectivity index (χ0) is 15.2. The van der Waals surface area contributed by atoms with Gasteiger partial charge in [-0.25, -0.2) is 4.98 Å². The van der Waals surface area contributed by atoms with Gasteiger partial charge < -0.3 is 5.32 Å². The molecule has 0 atom stereocenters. The minimum atomic E-state index is 0.0384. The molecule has 4 nitrogen and oxygen atoms in total. The first kappa shape index (κ1) is 15.2. The first-order valence-electron chi connectivity index (χ1n) is 7.75. The van der Waals surface area contributed by atoms with E-state index in [-0.39, 0.29) is 5.91 Å². The molecule has 0 radical (unpaired) electrons.